The third kappa shape index (κ3) is 15.0. The van der Waals surface area contributed by atoms with Crippen molar-refractivity contribution in [3.8, 4) is 0 Å². The summed E-state index contributed by atoms with van der Waals surface area (Å²) in [6, 6.07) is 18.4. The van der Waals surface area contributed by atoms with E-state index in [1.807, 2.05) is 30.3 Å². The first kappa shape index (κ1) is 31.1. The molecule has 0 unspecified atom stereocenters. The second-order valence-electron chi connectivity index (χ2n) is 7.65. The minimum Gasteiger partial charge on any atom is -0.481 e. The Balaban J connectivity index is 0.000000397. The van der Waals surface area contributed by atoms with E-state index in [9.17, 15) is 19.2 Å². The van der Waals surface area contributed by atoms with Crippen molar-refractivity contribution in [2.75, 3.05) is 10.3 Å². The van der Waals surface area contributed by atoms with Crippen LogP contribution in [0.25, 0.3) is 0 Å². The lowest BCUT2D eigenvalue weighted by molar-refractivity contribution is -0.138. The largest absolute Gasteiger partial charge is 0.481 e. The van der Waals surface area contributed by atoms with Crippen LogP contribution in [0.2, 0.25) is 0 Å². The van der Waals surface area contributed by atoms with Crippen LogP contribution in [0.15, 0.2) is 60.7 Å². The van der Waals surface area contributed by atoms with Crippen LogP contribution >= 0.6 is 24.4 Å². The summed E-state index contributed by atoms with van der Waals surface area (Å²) < 4.78 is 0. The zero-order chi connectivity index (χ0) is 27.6. The van der Waals surface area contributed by atoms with Gasteiger partial charge in [-0.2, -0.15) is 0 Å². The minimum atomic E-state index is -0.910. The molecule has 2 amide bonds. The number of nitrogens with zero attached hydrogens (tertiary/aromatic N) is 1. The van der Waals surface area contributed by atoms with Gasteiger partial charge in [0, 0.05) is 24.9 Å². The highest BCUT2D eigenvalue weighted by Gasteiger charge is 2.16. The standard InChI is InChI=1S/C14H17N3O4S.C11H13NO2S/c15-11(18)9-12(19)16-17(10-5-2-1-3-6-10)13(22)7-4-8-14(20)21;13-11(14)8-4-7-10(15)12-9-5-2-1-3-6-9/h1-3,5-6H,4,7-9H2,(H2,15,18)(H,16,19)(H,20,21);1-3,5-6H,4,7-8H2,(H,12,15)(H,13,14). The van der Waals surface area contributed by atoms with E-state index < -0.39 is 30.2 Å². The monoisotopic (exact) mass is 546 g/mol. The number of hydrazine groups is 1. The Hall–Kier alpha value is -3.90. The van der Waals surface area contributed by atoms with Gasteiger partial charge in [-0.15, -0.1) is 0 Å². The van der Waals surface area contributed by atoms with E-state index in [0.717, 1.165) is 5.69 Å². The number of primary amides is 1. The van der Waals surface area contributed by atoms with Crippen LogP contribution < -0.4 is 21.5 Å². The van der Waals surface area contributed by atoms with Gasteiger partial charge in [0.2, 0.25) is 11.8 Å². The third-order valence-corrected chi connectivity index (χ3v) is 5.16. The van der Waals surface area contributed by atoms with Crippen molar-refractivity contribution in [2.45, 2.75) is 44.9 Å². The van der Waals surface area contributed by atoms with Gasteiger partial charge in [0.05, 0.1) is 10.7 Å². The number of amides is 2. The molecule has 0 saturated carbocycles. The number of benzene rings is 2. The van der Waals surface area contributed by atoms with E-state index in [1.54, 1.807) is 30.3 Å². The fraction of sp³-hybridized carbons (Fsp3) is 0.280. The molecule has 37 heavy (non-hydrogen) atoms. The highest BCUT2D eigenvalue weighted by atomic mass is 32.1. The molecule has 0 fully saturated rings. The maximum atomic E-state index is 11.7. The number of hydrogen-bond donors (Lipinski definition) is 5. The molecule has 0 aliphatic rings. The topological polar surface area (TPSA) is 162 Å². The molecule has 0 saturated heterocycles. The molecule has 12 heteroatoms. The average Bonchev–Trinajstić information content (AvgIpc) is 2.83. The number of hydrogen-bond acceptors (Lipinski definition) is 6. The summed E-state index contributed by atoms with van der Waals surface area (Å²) >= 11 is 10.3. The number of aliphatic carboxylic acids is 2. The predicted molar refractivity (Wildman–Crippen MR) is 149 cm³/mol. The Morgan fingerprint density at radius 3 is 1.81 bits per heavy atom. The zero-order valence-corrected chi connectivity index (χ0v) is 21.7. The summed E-state index contributed by atoms with van der Waals surface area (Å²) in [6.07, 6.45) is 1.54. The lowest BCUT2D eigenvalue weighted by Crippen LogP contribution is -2.46. The van der Waals surface area contributed by atoms with Crippen molar-refractivity contribution in [1.82, 2.24) is 5.43 Å². The first-order valence-electron chi connectivity index (χ1n) is 11.3. The fourth-order valence-corrected chi connectivity index (χ4v) is 3.38. The highest BCUT2D eigenvalue weighted by Crippen LogP contribution is 2.15. The Labute approximate surface area is 225 Å². The van der Waals surface area contributed by atoms with E-state index in [2.05, 4.69) is 10.7 Å². The number of para-hydroxylation sites is 2. The fourth-order valence-electron chi connectivity index (χ4n) is 2.82. The Morgan fingerprint density at radius 2 is 1.30 bits per heavy atom. The van der Waals surface area contributed by atoms with Crippen molar-refractivity contribution in [1.29, 1.82) is 0 Å². The summed E-state index contributed by atoms with van der Waals surface area (Å²) in [5.41, 5.74) is 9.04. The number of carbonyl (C=O) groups is 4. The number of nitrogens with one attached hydrogen (secondary N) is 2. The first-order valence-corrected chi connectivity index (χ1v) is 12.1. The maximum absolute atomic E-state index is 11.7. The average molecular weight is 547 g/mol. The van der Waals surface area contributed by atoms with Crippen LogP contribution in [0.4, 0.5) is 11.4 Å². The van der Waals surface area contributed by atoms with Gasteiger partial charge in [0.15, 0.2) is 0 Å². The van der Waals surface area contributed by atoms with Crippen molar-refractivity contribution in [3.63, 3.8) is 0 Å². The third-order valence-electron chi connectivity index (χ3n) is 4.47. The van der Waals surface area contributed by atoms with Crippen LogP contribution in [0.3, 0.4) is 0 Å². The normalized spacial score (nSPS) is 9.73. The van der Waals surface area contributed by atoms with Crippen LogP contribution in [0, 0.1) is 0 Å². The predicted octanol–water partition coefficient (Wildman–Crippen LogP) is 3.66. The van der Waals surface area contributed by atoms with Crippen LogP contribution in [-0.2, 0) is 19.2 Å². The summed E-state index contributed by atoms with van der Waals surface area (Å²) in [5, 5.41) is 21.5. The second-order valence-corrected chi connectivity index (χ2v) is 8.62. The molecule has 0 atom stereocenters. The Bertz CT molecular complexity index is 1070. The molecule has 2 rings (SSSR count). The smallest absolute Gasteiger partial charge is 0.303 e. The molecule has 0 aromatic heterocycles. The van der Waals surface area contributed by atoms with Gasteiger partial charge in [-0.3, -0.25) is 24.6 Å². The SMILES string of the molecule is NC(=O)CC(=O)NN(C(=S)CCCC(=O)O)c1ccccc1.O=C(O)CCCC(=S)Nc1ccccc1. The quantitative estimate of drug-likeness (QED) is 0.151. The molecule has 2 aromatic carbocycles. The van der Waals surface area contributed by atoms with E-state index in [1.165, 1.54) is 5.01 Å². The Kier molecular flexibility index (Phi) is 14.7. The van der Waals surface area contributed by atoms with Crippen molar-refractivity contribution in [3.05, 3.63) is 60.7 Å². The molecular formula is C25H30N4O6S2. The number of nitrogens with two attached hydrogens (primary N) is 1. The lowest BCUT2D eigenvalue weighted by Gasteiger charge is -2.25. The van der Waals surface area contributed by atoms with Gasteiger partial charge < -0.3 is 21.3 Å². The van der Waals surface area contributed by atoms with Crippen molar-refractivity contribution < 1.29 is 29.4 Å². The lowest BCUT2D eigenvalue weighted by atomic mass is 10.2. The first-order chi connectivity index (χ1) is 17.6. The van der Waals surface area contributed by atoms with Gasteiger partial charge >= 0.3 is 11.9 Å². The van der Waals surface area contributed by atoms with E-state index in [4.69, 9.17) is 40.4 Å². The van der Waals surface area contributed by atoms with Crippen LogP contribution in [0.5, 0.6) is 0 Å². The second kappa shape index (κ2) is 17.5. The minimum absolute atomic E-state index is 0.0159. The van der Waals surface area contributed by atoms with Crippen LogP contribution in [0.1, 0.15) is 44.9 Å². The molecule has 10 nitrogen and oxygen atoms in total. The number of thiocarbonyl (C=S) groups is 2. The molecule has 0 heterocycles. The van der Waals surface area contributed by atoms with Gasteiger partial charge in [-0.1, -0.05) is 60.8 Å². The van der Waals surface area contributed by atoms with Gasteiger partial charge in [0.25, 0.3) is 0 Å². The molecule has 0 aliphatic heterocycles. The highest BCUT2D eigenvalue weighted by molar-refractivity contribution is 7.80. The van der Waals surface area contributed by atoms with Crippen LogP contribution in [-0.4, -0.2) is 43.9 Å². The maximum Gasteiger partial charge on any atom is 0.303 e. The molecular weight excluding hydrogens is 516 g/mol. The summed E-state index contributed by atoms with van der Waals surface area (Å²) in [5.74, 6) is -3.02. The van der Waals surface area contributed by atoms with E-state index in [0.29, 0.717) is 41.3 Å². The molecule has 198 valence electrons. The summed E-state index contributed by atoms with van der Waals surface area (Å²) in [4.78, 5) is 44.4. The summed E-state index contributed by atoms with van der Waals surface area (Å²) in [6.45, 7) is 0. The molecule has 0 aliphatic carbocycles. The van der Waals surface area contributed by atoms with E-state index >= 15 is 0 Å². The number of rotatable bonds is 12. The molecule has 0 bridgehead atoms. The van der Waals surface area contributed by atoms with Gasteiger partial charge in [-0.25, -0.2) is 5.01 Å². The Morgan fingerprint density at radius 1 is 0.784 bits per heavy atom. The molecule has 2 aromatic rings. The van der Waals surface area contributed by atoms with Crippen molar-refractivity contribution in [2.24, 2.45) is 5.73 Å². The van der Waals surface area contributed by atoms with E-state index in [-0.39, 0.29) is 12.8 Å². The summed E-state index contributed by atoms with van der Waals surface area (Å²) in [7, 11) is 0. The zero-order valence-electron chi connectivity index (χ0n) is 20.1. The number of carboxylic acids is 2. The van der Waals surface area contributed by atoms with Gasteiger partial charge in [0.1, 0.15) is 11.4 Å². The molecule has 6 N–H and O–H groups in total. The number of carboxylic acid groups (broad SMARTS) is 2. The molecule has 0 radical (unpaired) electrons. The van der Waals surface area contributed by atoms with Gasteiger partial charge in [-0.05, 0) is 43.5 Å². The van der Waals surface area contributed by atoms with Crippen molar-refractivity contribution >= 4 is 69.5 Å². The number of carbonyl (C=O) groups excluding carboxylic acids is 2. The molecule has 0 spiro atoms. The number of anilines is 2.